The predicted molar refractivity (Wildman–Crippen MR) is 66.4 cm³/mol. The molecule has 0 unspecified atom stereocenters. The Morgan fingerprint density at radius 1 is 1.31 bits per heavy atom. The zero-order valence-corrected chi connectivity index (χ0v) is 10.3. The van der Waals surface area contributed by atoms with Gasteiger partial charge in [-0.15, -0.1) is 0 Å². The number of rotatable bonds is 5. The molecular weight excluding hydrogens is 202 g/mol. The summed E-state index contributed by atoms with van der Waals surface area (Å²) in [6.07, 6.45) is 4.58. The van der Waals surface area contributed by atoms with Gasteiger partial charge in [-0.05, 0) is 31.6 Å². The molecule has 0 atom stereocenters. The first-order valence-corrected chi connectivity index (χ1v) is 5.60. The zero-order chi connectivity index (χ0) is 10.5. The van der Waals surface area contributed by atoms with Crippen molar-refractivity contribution in [3.8, 4) is 0 Å². The third-order valence-electron chi connectivity index (χ3n) is 1.28. The van der Waals surface area contributed by atoms with E-state index in [-0.39, 0.29) is 0 Å². The van der Waals surface area contributed by atoms with Crippen molar-refractivity contribution in [2.24, 2.45) is 5.73 Å². The summed E-state index contributed by atoms with van der Waals surface area (Å²) in [6.45, 7) is 5.78. The van der Waals surface area contributed by atoms with Gasteiger partial charge in [0.05, 0.1) is 6.61 Å². The van der Waals surface area contributed by atoms with Crippen molar-refractivity contribution in [1.82, 2.24) is 0 Å². The maximum atomic E-state index is 5.14. The number of thiol groups is 1. The fourth-order valence-corrected chi connectivity index (χ4v) is 0.683. The molecule has 0 aromatic rings. The average molecular weight is 223 g/mol. The third-order valence-corrected chi connectivity index (χ3v) is 1.53. The van der Waals surface area contributed by atoms with Gasteiger partial charge < -0.3 is 10.5 Å². The van der Waals surface area contributed by atoms with Crippen LogP contribution in [-0.4, -0.2) is 17.5 Å². The second-order valence-corrected chi connectivity index (χ2v) is 3.69. The van der Waals surface area contributed by atoms with Crippen molar-refractivity contribution in [2.45, 2.75) is 39.5 Å². The Bertz CT molecular complexity index is 108. The molecule has 0 aromatic heterocycles. The summed E-state index contributed by atoms with van der Waals surface area (Å²) in [4.78, 5) is 0. The number of nitrogens with two attached hydrogens (primary N) is 1. The predicted octanol–water partition coefficient (Wildman–Crippen LogP) is 2.76. The Hall–Kier alpha value is 0.200. The Morgan fingerprint density at radius 3 is 2.08 bits per heavy atom. The summed E-state index contributed by atoms with van der Waals surface area (Å²) in [5.41, 5.74) is 5.14. The van der Waals surface area contributed by atoms with Crippen LogP contribution in [0.1, 0.15) is 39.5 Å². The third kappa shape index (κ3) is 24.5. The van der Waals surface area contributed by atoms with Gasteiger partial charge in [0.15, 0.2) is 0 Å². The lowest BCUT2D eigenvalue weighted by atomic mass is 10.3. The lowest BCUT2D eigenvalue weighted by Crippen LogP contribution is -1.95. The number of ether oxygens (including phenoxy) is 1. The van der Waals surface area contributed by atoms with E-state index in [1.807, 2.05) is 0 Å². The molecule has 0 radical (unpaired) electrons. The maximum absolute atomic E-state index is 5.14. The summed E-state index contributed by atoms with van der Waals surface area (Å²) in [7, 11) is 0. The van der Waals surface area contributed by atoms with Crippen LogP contribution >= 0.6 is 24.8 Å². The molecule has 0 heterocycles. The first-order valence-electron chi connectivity index (χ1n) is 4.74. The molecule has 0 aliphatic rings. The molecule has 0 amide bonds. The number of hydrogen-bond acceptors (Lipinski definition) is 3. The minimum Gasteiger partial charge on any atom is -0.479 e. The van der Waals surface area contributed by atoms with Crippen molar-refractivity contribution in [3.63, 3.8) is 0 Å². The largest absolute Gasteiger partial charge is 0.479 e. The number of thiocarbonyl (C=S) groups is 1. The molecule has 2 N–H and O–H groups in total. The van der Waals surface area contributed by atoms with Crippen LogP contribution in [0.3, 0.4) is 0 Å². The van der Waals surface area contributed by atoms with Crippen LogP contribution in [0.2, 0.25) is 0 Å². The van der Waals surface area contributed by atoms with E-state index < -0.39 is 0 Å². The van der Waals surface area contributed by atoms with Gasteiger partial charge in [-0.25, -0.2) is 0 Å². The van der Waals surface area contributed by atoms with Crippen molar-refractivity contribution in [2.75, 3.05) is 13.2 Å². The van der Waals surface area contributed by atoms with Gasteiger partial charge in [0.25, 0.3) is 0 Å². The minimum absolute atomic E-state index is 0.346. The van der Waals surface area contributed by atoms with Gasteiger partial charge in [-0.2, -0.15) is 0 Å². The van der Waals surface area contributed by atoms with Gasteiger partial charge in [0.2, 0.25) is 4.38 Å². The zero-order valence-electron chi connectivity index (χ0n) is 8.58. The van der Waals surface area contributed by atoms with Crippen LogP contribution in [0.15, 0.2) is 0 Å². The van der Waals surface area contributed by atoms with Crippen LogP contribution in [0.25, 0.3) is 0 Å². The number of hydrogen-bond donors (Lipinski definition) is 2. The second kappa shape index (κ2) is 14.7. The van der Waals surface area contributed by atoms with E-state index in [9.17, 15) is 0 Å². The van der Waals surface area contributed by atoms with E-state index in [0.29, 0.717) is 11.0 Å². The second-order valence-electron chi connectivity index (χ2n) is 2.61. The molecule has 2 nitrogen and oxygen atoms in total. The fourth-order valence-electron chi connectivity index (χ4n) is 0.508. The van der Waals surface area contributed by atoms with E-state index in [1.165, 1.54) is 12.8 Å². The molecule has 0 aliphatic heterocycles. The van der Waals surface area contributed by atoms with Gasteiger partial charge in [-0.3, -0.25) is 0 Å². The standard InChI is InChI=1S/C5H10OS2.C4H11N/c1-2-3-4-6-5(7)8;1-2-3-4-5/h2-4H2,1H3,(H,7,8);2-5H2,1H3. The highest BCUT2D eigenvalue weighted by atomic mass is 32.1. The maximum Gasteiger partial charge on any atom is 0.216 e. The van der Waals surface area contributed by atoms with E-state index in [1.54, 1.807) is 0 Å². The summed E-state index contributed by atoms with van der Waals surface area (Å²) in [5, 5.41) is 0. The van der Waals surface area contributed by atoms with Crippen molar-refractivity contribution >= 4 is 29.2 Å². The van der Waals surface area contributed by atoms with Gasteiger partial charge in [0.1, 0.15) is 0 Å². The van der Waals surface area contributed by atoms with Crippen LogP contribution in [0.5, 0.6) is 0 Å². The van der Waals surface area contributed by atoms with E-state index in [0.717, 1.165) is 19.4 Å². The normalized spacial score (nSPS) is 8.62. The Kier molecular flexibility index (Phi) is 17.7. The molecule has 80 valence electrons. The van der Waals surface area contributed by atoms with Gasteiger partial charge in [0, 0.05) is 0 Å². The first-order chi connectivity index (χ1) is 6.18. The molecule has 0 saturated carbocycles. The summed E-state index contributed by atoms with van der Waals surface area (Å²) >= 11 is 8.33. The quantitative estimate of drug-likeness (QED) is 0.427. The number of unbranched alkanes of at least 4 members (excludes halogenated alkanes) is 2. The molecule has 0 fully saturated rings. The highest BCUT2D eigenvalue weighted by Crippen LogP contribution is 1.91. The molecule has 0 spiro atoms. The Balaban J connectivity index is 0. The van der Waals surface area contributed by atoms with Crippen molar-refractivity contribution in [3.05, 3.63) is 0 Å². The molecule has 4 heteroatoms. The molecule has 0 saturated heterocycles. The molecule has 0 aliphatic carbocycles. The summed E-state index contributed by atoms with van der Waals surface area (Å²) < 4.78 is 5.22. The van der Waals surface area contributed by atoms with Crippen LogP contribution in [0.4, 0.5) is 0 Å². The fraction of sp³-hybridized carbons (Fsp3) is 0.889. The monoisotopic (exact) mass is 223 g/mol. The molecular formula is C9H21NOS2. The van der Waals surface area contributed by atoms with E-state index >= 15 is 0 Å². The molecule has 0 rings (SSSR count). The molecule has 13 heavy (non-hydrogen) atoms. The van der Waals surface area contributed by atoms with Gasteiger partial charge >= 0.3 is 0 Å². The smallest absolute Gasteiger partial charge is 0.216 e. The van der Waals surface area contributed by atoms with Crippen LogP contribution in [-0.2, 0) is 4.74 Å². The average Bonchev–Trinajstić information content (AvgIpc) is 2.07. The van der Waals surface area contributed by atoms with Crippen molar-refractivity contribution < 1.29 is 4.74 Å². The van der Waals surface area contributed by atoms with Crippen LogP contribution in [0, 0.1) is 0 Å². The van der Waals surface area contributed by atoms with Gasteiger partial charge in [-0.1, -0.05) is 39.3 Å². The minimum atomic E-state index is 0.346. The topological polar surface area (TPSA) is 35.2 Å². The van der Waals surface area contributed by atoms with E-state index in [2.05, 4.69) is 38.7 Å². The lowest BCUT2D eigenvalue weighted by molar-refractivity contribution is 0.313. The summed E-state index contributed by atoms with van der Waals surface area (Å²) in [5.74, 6) is 0. The van der Waals surface area contributed by atoms with E-state index in [4.69, 9.17) is 10.5 Å². The highest BCUT2D eigenvalue weighted by molar-refractivity contribution is 8.10. The Morgan fingerprint density at radius 2 is 1.85 bits per heavy atom. The summed E-state index contributed by atoms with van der Waals surface area (Å²) in [6, 6.07) is 0. The SMILES string of the molecule is CCCCN.CCCCOC(=S)S. The highest BCUT2D eigenvalue weighted by Gasteiger charge is 1.85. The molecule has 0 bridgehead atoms. The van der Waals surface area contributed by atoms with Crippen molar-refractivity contribution in [1.29, 1.82) is 0 Å². The van der Waals surface area contributed by atoms with Crippen LogP contribution < -0.4 is 5.73 Å². The lowest BCUT2D eigenvalue weighted by Gasteiger charge is -1.98. The molecule has 0 aromatic carbocycles. The Labute approximate surface area is 92.6 Å². The first kappa shape index (κ1) is 15.7.